The molecule has 0 bridgehead atoms. The summed E-state index contributed by atoms with van der Waals surface area (Å²) in [6.07, 6.45) is 10.5. The van der Waals surface area contributed by atoms with Crippen molar-refractivity contribution in [1.29, 1.82) is 0 Å². The minimum Gasteiger partial charge on any atom is -0.303 e. The minimum absolute atomic E-state index is 0.576. The zero-order valence-corrected chi connectivity index (χ0v) is 6.68. The van der Waals surface area contributed by atoms with E-state index < -0.39 is 0 Å². The van der Waals surface area contributed by atoms with E-state index in [2.05, 4.69) is 13.0 Å². The van der Waals surface area contributed by atoms with Gasteiger partial charge in [0.05, 0.1) is 0 Å². The molecule has 10 heavy (non-hydrogen) atoms. The summed E-state index contributed by atoms with van der Waals surface area (Å²) < 4.78 is 0. The maximum Gasteiger partial charge on any atom is 0.123 e. The third-order valence-electron chi connectivity index (χ3n) is 1.37. The molecule has 1 heteroatoms. The first-order valence-corrected chi connectivity index (χ1v) is 4.00. The predicted octanol–water partition coefficient (Wildman–Crippen LogP) is 2.71. The zero-order chi connectivity index (χ0) is 7.66. The van der Waals surface area contributed by atoms with Gasteiger partial charge in [0.2, 0.25) is 0 Å². The number of aldehydes is 1. The molecule has 0 aliphatic carbocycles. The maximum atomic E-state index is 9.84. The standard InChI is InChI=1S/C9H16O/c1-2-3-4-5-6-7-8-9-10/h6-7,9H,2-5,8H2,1H3/b7-6+. The SMILES string of the molecule is CCCCC/C=C/CC=O. The Labute approximate surface area is 63.1 Å². The summed E-state index contributed by atoms with van der Waals surface area (Å²) >= 11 is 0. The van der Waals surface area contributed by atoms with E-state index in [4.69, 9.17) is 0 Å². The van der Waals surface area contributed by atoms with Crippen LogP contribution < -0.4 is 0 Å². The van der Waals surface area contributed by atoms with Crippen molar-refractivity contribution in [3.63, 3.8) is 0 Å². The Bertz CT molecular complexity index is 94.9. The van der Waals surface area contributed by atoms with Crippen molar-refractivity contribution in [2.75, 3.05) is 0 Å². The number of allylic oxidation sites excluding steroid dienone is 2. The molecule has 0 radical (unpaired) electrons. The Hall–Kier alpha value is -0.590. The second kappa shape index (κ2) is 8.41. The first-order chi connectivity index (χ1) is 4.91. The number of rotatable bonds is 6. The Morgan fingerprint density at radius 2 is 2.00 bits per heavy atom. The molecule has 58 valence electrons. The quantitative estimate of drug-likeness (QED) is 0.315. The molecule has 1 nitrogen and oxygen atoms in total. The van der Waals surface area contributed by atoms with E-state index in [1.165, 1.54) is 19.3 Å². The van der Waals surface area contributed by atoms with Crippen LogP contribution in [-0.4, -0.2) is 6.29 Å². The van der Waals surface area contributed by atoms with Gasteiger partial charge in [-0.3, -0.25) is 0 Å². The molecule has 0 atom stereocenters. The fraction of sp³-hybridized carbons (Fsp3) is 0.667. The molecule has 0 unspecified atom stereocenters. The lowest BCUT2D eigenvalue weighted by molar-refractivity contribution is -0.107. The summed E-state index contributed by atoms with van der Waals surface area (Å²) in [6, 6.07) is 0. The van der Waals surface area contributed by atoms with E-state index in [1.807, 2.05) is 6.08 Å². The molecule has 0 aliphatic rings. The molecule has 0 spiro atoms. The number of hydrogen-bond acceptors (Lipinski definition) is 1. The first kappa shape index (κ1) is 9.41. The van der Waals surface area contributed by atoms with E-state index in [9.17, 15) is 4.79 Å². The number of hydrogen-bond donors (Lipinski definition) is 0. The Balaban J connectivity index is 2.94. The molecular formula is C9H16O. The van der Waals surface area contributed by atoms with Crippen LogP contribution in [0.2, 0.25) is 0 Å². The number of carbonyl (C=O) groups is 1. The van der Waals surface area contributed by atoms with Crippen LogP contribution in [-0.2, 0) is 4.79 Å². The molecule has 0 saturated heterocycles. The topological polar surface area (TPSA) is 17.1 Å². The highest BCUT2D eigenvalue weighted by Gasteiger charge is 1.80. The molecule has 0 saturated carbocycles. The van der Waals surface area contributed by atoms with E-state index in [1.54, 1.807) is 0 Å². The molecule has 0 heterocycles. The Morgan fingerprint density at radius 3 is 2.60 bits per heavy atom. The highest BCUT2D eigenvalue weighted by Crippen LogP contribution is 1.99. The molecule has 0 aromatic rings. The second-order valence-corrected chi connectivity index (χ2v) is 2.37. The highest BCUT2D eigenvalue weighted by atomic mass is 16.1. The molecule has 0 aliphatic heterocycles. The van der Waals surface area contributed by atoms with E-state index >= 15 is 0 Å². The van der Waals surface area contributed by atoms with E-state index in [0.717, 1.165) is 12.7 Å². The van der Waals surface area contributed by atoms with Crippen molar-refractivity contribution >= 4 is 6.29 Å². The van der Waals surface area contributed by atoms with Crippen molar-refractivity contribution in [3.8, 4) is 0 Å². The van der Waals surface area contributed by atoms with E-state index in [0.29, 0.717) is 6.42 Å². The van der Waals surface area contributed by atoms with Gasteiger partial charge in [0.15, 0.2) is 0 Å². The maximum absolute atomic E-state index is 9.84. The van der Waals surface area contributed by atoms with Gasteiger partial charge in [0.25, 0.3) is 0 Å². The fourth-order valence-corrected chi connectivity index (χ4v) is 0.782. The third kappa shape index (κ3) is 7.41. The van der Waals surface area contributed by atoms with Crippen LogP contribution in [0.3, 0.4) is 0 Å². The minimum atomic E-state index is 0.576. The van der Waals surface area contributed by atoms with Gasteiger partial charge in [0.1, 0.15) is 6.29 Å². The van der Waals surface area contributed by atoms with Crippen molar-refractivity contribution in [1.82, 2.24) is 0 Å². The van der Waals surface area contributed by atoms with Gasteiger partial charge >= 0.3 is 0 Å². The summed E-state index contributed by atoms with van der Waals surface area (Å²) in [5.74, 6) is 0. The van der Waals surface area contributed by atoms with Crippen LogP contribution in [0.25, 0.3) is 0 Å². The van der Waals surface area contributed by atoms with Crippen molar-refractivity contribution < 1.29 is 4.79 Å². The highest BCUT2D eigenvalue weighted by molar-refractivity contribution is 5.51. The Morgan fingerprint density at radius 1 is 1.20 bits per heavy atom. The molecule has 0 fully saturated rings. The van der Waals surface area contributed by atoms with Crippen molar-refractivity contribution in [2.45, 2.75) is 39.0 Å². The number of unbranched alkanes of at least 4 members (excludes halogenated alkanes) is 3. The van der Waals surface area contributed by atoms with Crippen LogP contribution >= 0.6 is 0 Å². The van der Waals surface area contributed by atoms with Crippen molar-refractivity contribution in [2.24, 2.45) is 0 Å². The summed E-state index contributed by atoms with van der Waals surface area (Å²) in [5.41, 5.74) is 0. The van der Waals surface area contributed by atoms with Gasteiger partial charge in [-0.25, -0.2) is 0 Å². The lowest BCUT2D eigenvalue weighted by atomic mass is 10.2. The largest absolute Gasteiger partial charge is 0.303 e. The monoisotopic (exact) mass is 140 g/mol. The first-order valence-electron chi connectivity index (χ1n) is 4.00. The number of carbonyl (C=O) groups excluding carboxylic acids is 1. The van der Waals surface area contributed by atoms with E-state index in [-0.39, 0.29) is 0 Å². The van der Waals surface area contributed by atoms with Crippen LogP contribution in [0.1, 0.15) is 39.0 Å². The average molecular weight is 140 g/mol. The normalized spacial score (nSPS) is 10.5. The molecule has 0 amide bonds. The second-order valence-electron chi connectivity index (χ2n) is 2.37. The van der Waals surface area contributed by atoms with Gasteiger partial charge in [-0.2, -0.15) is 0 Å². The van der Waals surface area contributed by atoms with Gasteiger partial charge < -0.3 is 4.79 Å². The molecule has 0 aromatic heterocycles. The van der Waals surface area contributed by atoms with Gasteiger partial charge in [-0.05, 0) is 12.8 Å². The van der Waals surface area contributed by atoms with Gasteiger partial charge in [0, 0.05) is 6.42 Å². The fourth-order valence-electron chi connectivity index (χ4n) is 0.782. The third-order valence-corrected chi connectivity index (χ3v) is 1.37. The Kier molecular flexibility index (Phi) is 7.91. The smallest absolute Gasteiger partial charge is 0.123 e. The summed E-state index contributed by atoms with van der Waals surface area (Å²) in [4.78, 5) is 9.84. The van der Waals surface area contributed by atoms with Crippen molar-refractivity contribution in [3.05, 3.63) is 12.2 Å². The summed E-state index contributed by atoms with van der Waals surface area (Å²) in [5, 5.41) is 0. The molecule has 0 N–H and O–H groups in total. The van der Waals surface area contributed by atoms with Crippen LogP contribution in [0, 0.1) is 0 Å². The molecule has 0 aromatic carbocycles. The van der Waals surface area contributed by atoms with Gasteiger partial charge in [-0.15, -0.1) is 0 Å². The van der Waals surface area contributed by atoms with Gasteiger partial charge in [-0.1, -0.05) is 31.9 Å². The summed E-state index contributed by atoms with van der Waals surface area (Å²) in [7, 11) is 0. The zero-order valence-electron chi connectivity index (χ0n) is 6.68. The lowest BCUT2D eigenvalue weighted by Gasteiger charge is -1.89. The van der Waals surface area contributed by atoms with Crippen LogP contribution in [0.15, 0.2) is 12.2 Å². The predicted molar refractivity (Wildman–Crippen MR) is 44.0 cm³/mol. The summed E-state index contributed by atoms with van der Waals surface area (Å²) in [6.45, 7) is 2.19. The lowest BCUT2D eigenvalue weighted by Crippen LogP contribution is -1.71. The average Bonchev–Trinajstić information content (AvgIpc) is 1.97. The molecule has 0 rings (SSSR count). The molecular weight excluding hydrogens is 124 g/mol. The van der Waals surface area contributed by atoms with Crippen LogP contribution in [0.4, 0.5) is 0 Å². The van der Waals surface area contributed by atoms with Crippen LogP contribution in [0.5, 0.6) is 0 Å².